The van der Waals surface area contributed by atoms with E-state index in [4.69, 9.17) is 4.79 Å². The number of hydrogen-bond acceptors (Lipinski definition) is 1. The van der Waals surface area contributed by atoms with E-state index in [2.05, 4.69) is 105 Å². The van der Waals surface area contributed by atoms with Gasteiger partial charge in [-0.1, -0.05) is 102 Å². The van der Waals surface area contributed by atoms with Gasteiger partial charge in [0, 0.05) is 0 Å². The van der Waals surface area contributed by atoms with E-state index in [1.807, 2.05) is 6.79 Å². The highest BCUT2D eigenvalue weighted by Crippen LogP contribution is 2.26. The van der Waals surface area contributed by atoms with Gasteiger partial charge in [0.25, 0.3) is 0 Å². The predicted molar refractivity (Wildman–Crippen MR) is 106 cm³/mol. The smallest absolute Gasteiger partial charge is 0.106 e. The van der Waals surface area contributed by atoms with Gasteiger partial charge in [-0.3, -0.25) is 0 Å². The second kappa shape index (κ2) is 9.39. The van der Waals surface area contributed by atoms with E-state index >= 15 is 0 Å². The van der Waals surface area contributed by atoms with E-state index in [0.717, 1.165) is 0 Å². The molecule has 0 bridgehead atoms. The Hall–Kier alpha value is -2.93. The van der Waals surface area contributed by atoms with Crippen LogP contribution in [0.4, 0.5) is 0 Å². The summed E-state index contributed by atoms with van der Waals surface area (Å²) in [4.78, 5) is 8.00. The molecule has 1 radical (unpaired) electrons. The van der Waals surface area contributed by atoms with Crippen LogP contribution in [0.1, 0.15) is 27.8 Å². The molecule has 0 atom stereocenters. The van der Waals surface area contributed by atoms with Gasteiger partial charge < -0.3 is 4.79 Å². The Balaban J connectivity index is 0.00000109. The van der Waals surface area contributed by atoms with E-state index in [0.29, 0.717) is 0 Å². The Kier molecular flexibility index (Phi) is 6.91. The average molecular weight is 327 g/mol. The van der Waals surface area contributed by atoms with Crippen LogP contribution in [-0.4, -0.2) is 6.79 Å². The molecule has 125 valence electrons. The minimum Gasteiger partial charge on any atom is -0.307 e. The molecule has 25 heavy (non-hydrogen) atoms. The molecule has 0 aliphatic heterocycles. The summed E-state index contributed by atoms with van der Waals surface area (Å²) in [5.41, 5.74) is 6.26. The molecule has 0 fully saturated rings. The molecule has 0 spiro atoms. The van der Waals surface area contributed by atoms with Gasteiger partial charge in [-0.15, -0.1) is 0 Å². The van der Waals surface area contributed by atoms with Crippen molar-refractivity contribution in [3.63, 3.8) is 0 Å². The van der Waals surface area contributed by atoms with Gasteiger partial charge in [0.05, 0.1) is 5.92 Å². The molecular weight excluding hydrogens is 304 g/mol. The maximum Gasteiger partial charge on any atom is 0.106 e. The van der Waals surface area contributed by atoms with Crippen molar-refractivity contribution in [2.45, 2.75) is 13.8 Å². The maximum atomic E-state index is 8.00. The second-order valence-corrected chi connectivity index (χ2v) is 5.89. The van der Waals surface area contributed by atoms with Gasteiger partial charge in [0.2, 0.25) is 0 Å². The van der Waals surface area contributed by atoms with Crippen molar-refractivity contribution in [1.29, 1.82) is 0 Å². The Morgan fingerprint density at radius 2 is 1.16 bits per heavy atom. The molecule has 0 aliphatic rings. The van der Waals surface area contributed by atoms with Crippen molar-refractivity contribution >= 4 is 12.9 Å². The van der Waals surface area contributed by atoms with Crippen LogP contribution in [0, 0.1) is 19.8 Å². The first-order chi connectivity index (χ1) is 12.2. The molecule has 0 unspecified atom stereocenters. The zero-order valence-corrected chi connectivity index (χ0v) is 14.8. The highest BCUT2D eigenvalue weighted by Gasteiger charge is 2.11. The first-order valence-electron chi connectivity index (χ1n) is 8.25. The summed E-state index contributed by atoms with van der Waals surface area (Å²) in [5, 5.41) is 0. The molecule has 0 saturated heterocycles. The van der Waals surface area contributed by atoms with Crippen molar-refractivity contribution in [3.05, 3.63) is 119 Å². The maximum absolute atomic E-state index is 8.00. The van der Waals surface area contributed by atoms with Crippen LogP contribution in [0.2, 0.25) is 0 Å². The summed E-state index contributed by atoms with van der Waals surface area (Å²) < 4.78 is 0. The van der Waals surface area contributed by atoms with Gasteiger partial charge in [-0.2, -0.15) is 0 Å². The second-order valence-electron chi connectivity index (χ2n) is 5.89. The number of carbonyl (C=O) groups is 1. The number of carbonyl (C=O) groups excluding carboxylic acids is 1. The molecule has 1 nitrogen and oxygen atoms in total. The Morgan fingerprint density at radius 1 is 0.680 bits per heavy atom. The van der Waals surface area contributed by atoms with Crippen molar-refractivity contribution in [1.82, 2.24) is 0 Å². The Morgan fingerprint density at radius 3 is 1.72 bits per heavy atom. The third-order valence-corrected chi connectivity index (χ3v) is 3.97. The summed E-state index contributed by atoms with van der Waals surface area (Å²) in [5.74, 6) is 1.24. The minimum absolute atomic E-state index is 1.22. The standard InChI is InChI=1S/C23H21.CH2O/c1-18-8-12-20(13-9-18)14-17-23(21-6-4-3-5-7-21)22-15-10-19(2)11-16-22;1-2/h3-17H,1-2H3;1H2/b17-14+;. The van der Waals surface area contributed by atoms with E-state index in [1.54, 1.807) is 0 Å². The van der Waals surface area contributed by atoms with Gasteiger partial charge in [0.15, 0.2) is 0 Å². The van der Waals surface area contributed by atoms with Crippen LogP contribution >= 0.6 is 0 Å². The minimum atomic E-state index is 1.22. The zero-order valence-electron chi connectivity index (χ0n) is 14.8. The number of hydrogen-bond donors (Lipinski definition) is 0. The van der Waals surface area contributed by atoms with Crippen LogP contribution < -0.4 is 0 Å². The lowest BCUT2D eigenvalue weighted by molar-refractivity contribution is -0.0979. The molecule has 0 saturated carbocycles. The van der Waals surface area contributed by atoms with Crippen molar-refractivity contribution < 1.29 is 4.79 Å². The summed E-state index contributed by atoms with van der Waals surface area (Å²) in [7, 11) is 0. The third-order valence-electron chi connectivity index (χ3n) is 3.97. The number of benzene rings is 3. The van der Waals surface area contributed by atoms with Crippen LogP contribution in [0.5, 0.6) is 0 Å². The Bertz CT molecular complexity index is 784. The summed E-state index contributed by atoms with van der Waals surface area (Å²) in [6, 6.07) is 27.9. The van der Waals surface area contributed by atoms with Gasteiger partial charge >= 0.3 is 0 Å². The number of aryl methyl sites for hydroxylation is 2. The lowest BCUT2D eigenvalue weighted by atomic mass is 9.90. The largest absolute Gasteiger partial charge is 0.307 e. The highest BCUT2D eigenvalue weighted by atomic mass is 16.1. The third kappa shape index (κ3) is 5.29. The first-order valence-corrected chi connectivity index (χ1v) is 8.25. The fraction of sp³-hybridized carbons (Fsp3) is 0.0833. The van der Waals surface area contributed by atoms with Crippen LogP contribution in [0.25, 0.3) is 6.08 Å². The lowest BCUT2D eigenvalue weighted by Crippen LogP contribution is -1.98. The number of allylic oxidation sites excluding steroid dienone is 1. The molecule has 0 amide bonds. The molecule has 3 aromatic carbocycles. The molecule has 3 rings (SSSR count). The molecule has 0 aromatic heterocycles. The van der Waals surface area contributed by atoms with Crippen LogP contribution in [0.3, 0.4) is 0 Å². The molecule has 0 heterocycles. The lowest BCUT2D eigenvalue weighted by Gasteiger charge is -2.13. The van der Waals surface area contributed by atoms with Crippen LogP contribution in [0.15, 0.2) is 84.9 Å². The summed E-state index contributed by atoms with van der Waals surface area (Å²) >= 11 is 0. The molecule has 0 aliphatic carbocycles. The molecule has 3 aromatic rings. The number of rotatable bonds is 4. The normalized spacial score (nSPS) is 10.5. The molecule has 0 N–H and O–H groups in total. The average Bonchev–Trinajstić information content (AvgIpc) is 2.67. The Labute approximate surface area is 150 Å². The van der Waals surface area contributed by atoms with Gasteiger partial charge in [0.1, 0.15) is 6.79 Å². The van der Waals surface area contributed by atoms with Gasteiger partial charge in [-0.05, 0) is 30.5 Å². The molecular formula is C24H23O. The topological polar surface area (TPSA) is 17.1 Å². The quantitative estimate of drug-likeness (QED) is 0.591. The van der Waals surface area contributed by atoms with E-state index in [9.17, 15) is 0 Å². The summed E-state index contributed by atoms with van der Waals surface area (Å²) in [6.45, 7) is 6.23. The molecule has 1 heteroatoms. The van der Waals surface area contributed by atoms with Crippen LogP contribution in [-0.2, 0) is 4.79 Å². The van der Waals surface area contributed by atoms with Crippen molar-refractivity contribution in [2.24, 2.45) is 0 Å². The fourth-order valence-electron chi connectivity index (χ4n) is 2.57. The van der Waals surface area contributed by atoms with Gasteiger partial charge in [-0.25, -0.2) is 0 Å². The van der Waals surface area contributed by atoms with Crippen molar-refractivity contribution in [3.8, 4) is 0 Å². The first kappa shape index (κ1) is 18.4. The SMILES string of the molecule is C=O.Cc1ccc(/C=C/[C](c2ccccc2)c2ccc(C)cc2)cc1. The monoisotopic (exact) mass is 327 g/mol. The summed E-state index contributed by atoms with van der Waals surface area (Å²) in [6.07, 6.45) is 4.40. The predicted octanol–water partition coefficient (Wildman–Crippen LogP) is 5.80. The van der Waals surface area contributed by atoms with E-state index in [1.165, 1.54) is 33.7 Å². The van der Waals surface area contributed by atoms with Crippen molar-refractivity contribution in [2.75, 3.05) is 0 Å². The van der Waals surface area contributed by atoms with E-state index in [-0.39, 0.29) is 0 Å². The zero-order chi connectivity index (χ0) is 18.1. The highest BCUT2D eigenvalue weighted by molar-refractivity contribution is 5.60. The fourth-order valence-corrected chi connectivity index (χ4v) is 2.57. The van der Waals surface area contributed by atoms with E-state index < -0.39 is 0 Å².